The van der Waals surface area contributed by atoms with Crippen LogP contribution < -0.4 is 5.32 Å². The van der Waals surface area contributed by atoms with Crippen molar-refractivity contribution in [2.75, 3.05) is 52.5 Å². The number of nitrogens with zero attached hydrogens (tertiary/aromatic N) is 1. The molecule has 1 heterocycles. The molecule has 0 aromatic rings. The lowest BCUT2D eigenvalue weighted by atomic mass is 9.87. The van der Waals surface area contributed by atoms with Crippen LogP contribution in [0.4, 0.5) is 0 Å². The number of aliphatic hydroxyl groups excluding tert-OH is 1. The van der Waals surface area contributed by atoms with Crippen LogP contribution in [0, 0.1) is 5.41 Å². The zero-order chi connectivity index (χ0) is 12.0. The van der Waals surface area contributed by atoms with Crippen molar-refractivity contribution in [2.24, 2.45) is 5.41 Å². The molecule has 0 spiro atoms. The van der Waals surface area contributed by atoms with Crippen LogP contribution in [0.2, 0.25) is 0 Å². The van der Waals surface area contributed by atoms with Gasteiger partial charge in [0, 0.05) is 44.7 Å². The quantitative estimate of drug-likeness (QED) is 0.664. The second-order valence-electron chi connectivity index (χ2n) is 5.50. The number of aliphatic hydroxyl groups is 1. The summed E-state index contributed by atoms with van der Waals surface area (Å²) in [5.74, 6) is 0. The molecular weight excluding hydrogens is 216 g/mol. The van der Waals surface area contributed by atoms with Crippen molar-refractivity contribution in [3.8, 4) is 0 Å². The number of hydrogen-bond donors (Lipinski definition) is 2. The van der Waals surface area contributed by atoms with E-state index < -0.39 is 0 Å². The van der Waals surface area contributed by atoms with Gasteiger partial charge < -0.3 is 15.2 Å². The van der Waals surface area contributed by atoms with Crippen LogP contribution in [0.25, 0.3) is 0 Å². The largest absolute Gasteiger partial charge is 0.396 e. The first-order chi connectivity index (χ1) is 8.35. The van der Waals surface area contributed by atoms with Crippen molar-refractivity contribution in [1.29, 1.82) is 0 Å². The lowest BCUT2D eigenvalue weighted by Crippen LogP contribution is -2.42. The molecule has 100 valence electrons. The summed E-state index contributed by atoms with van der Waals surface area (Å²) in [6.07, 6.45) is 4.94. The Balaban J connectivity index is 1.58. The van der Waals surface area contributed by atoms with Gasteiger partial charge in [0.15, 0.2) is 0 Å². The molecule has 2 fully saturated rings. The molecule has 1 saturated heterocycles. The number of morpholine rings is 1. The van der Waals surface area contributed by atoms with Gasteiger partial charge >= 0.3 is 0 Å². The molecule has 17 heavy (non-hydrogen) atoms. The number of hydrogen-bond acceptors (Lipinski definition) is 4. The van der Waals surface area contributed by atoms with Gasteiger partial charge in [-0.1, -0.05) is 12.8 Å². The van der Waals surface area contributed by atoms with Crippen molar-refractivity contribution in [2.45, 2.75) is 25.7 Å². The first-order valence-corrected chi connectivity index (χ1v) is 6.96. The second-order valence-corrected chi connectivity index (χ2v) is 5.50. The summed E-state index contributed by atoms with van der Waals surface area (Å²) in [4.78, 5) is 2.44. The Kier molecular flexibility index (Phi) is 5.22. The molecular formula is C13H26N2O2. The molecule has 0 unspecified atom stereocenters. The van der Waals surface area contributed by atoms with Crippen molar-refractivity contribution < 1.29 is 9.84 Å². The van der Waals surface area contributed by atoms with Gasteiger partial charge in [-0.3, -0.25) is 4.90 Å². The zero-order valence-electron chi connectivity index (χ0n) is 10.8. The van der Waals surface area contributed by atoms with E-state index in [1.54, 1.807) is 0 Å². The van der Waals surface area contributed by atoms with Crippen molar-refractivity contribution in [3.05, 3.63) is 0 Å². The Hall–Kier alpha value is -0.160. The summed E-state index contributed by atoms with van der Waals surface area (Å²) in [6.45, 7) is 7.33. The molecule has 4 nitrogen and oxygen atoms in total. The monoisotopic (exact) mass is 242 g/mol. The van der Waals surface area contributed by atoms with Gasteiger partial charge in [0.25, 0.3) is 0 Å². The van der Waals surface area contributed by atoms with E-state index in [1.807, 2.05) is 0 Å². The Morgan fingerprint density at radius 1 is 1.18 bits per heavy atom. The van der Waals surface area contributed by atoms with Gasteiger partial charge in [-0.15, -0.1) is 0 Å². The van der Waals surface area contributed by atoms with Crippen molar-refractivity contribution in [3.63, 3.8) is 0 Å². The maximum atomic E-state index is 9.50. The van der Waals surface area contributed by atoms with Gasteiger partial charge in [-0.2, -0.15) is 0 Å². The van der Waals surface area contributed by atoms with Crippen LogP contribution in [0.1, 0.15) is 25.7 Å². The SMILES string of the molecule is OCC1(CNCCN2CCOCC2)CCCC1. The molecule has 1 aliphatic carbocycles. The van der Waals surface area contributed by atoms with Crippen LogP contribution in [-0.2, 0) is 4.74 Å². The van der Waals surface area contributed by atoms with E-state index in [1.165, 1.54) is 25.7 Å². The van der Waals surface area contributed by atoms with E-state index >= 15 is 0 Å². The summed E-state index contributed by atoms with van der Waals surface area (Å²) >= 11 is 0. The van der Waals surface area contributed by atoms with Crippen LogP contribution in [-0.4, -0.2) is 62.6 Å². The number of ether oxygens (including phenoxy) is 1. The minimum Gasteiger partial charge on any atom is -0.396 e. The third-order valence-corrected chi connectivity index (χ3v) is 4.21. The smallest absolute Gasteiger partial charge is 0.0594 e. The first-order valence-electron chi connectivity index (χ1n) is 6.96. The van der Waals surface area contributed by atoms with Gasteiger partial charge in [0.05, 0.1) is 13.2 Å². The molecule has 2 N–H and O–H groups in total. The molecule has 0 atom stereocenters. The summed E-state index contributed by atoms with van der Waals surface area (Å²) in [6, 6.07) is 0. The molecule has 4 heteroatoms. The van der Waals surface area contributed by atoms with Gasteiger partial charge in [-0.05, 0) is 12.8 Å². The second kappa shape index (κ2) is 6.69. The molecule has 2 rings (SSSR count). The third kappa shape index (κ3) is 3.91. The highest BCUT2D eigenvalue weighted by atomic mass is 16.5. The van der Waals surface area contributed by atoms with E-state index in [4.69, 9.17) is 4.74 Å². The maximum absolute atomic E-state index is 9.50. The average Bonchev–Trinajstić information content (AvgIpc) is 2.85. The topological polar surface area (TPSA) is 44.7 Å². The highest BCUT2D eigenvalue weighted by Crippen LogP contribution is 2.36. The molecule has 0 radical (unpaired) electrons. The van der Waals surface area contributed by atoms with E-state index in [2.05, 4.69) is 10.2 Å². The number of nitrogens with one attached hydrogen (secondary N) is 1. The highest BCUT2D eigenvalue weighted by molar-refractivity contribution is 4.86. The maximum Gasteiger partial charge on any atom is 0.0594 e. The molecule has 2 aliphatic rings. The Labute approximate surface area is 104 Å². The highest BCUT2D eigenvalue weighted by Gasteiger charge is 2.32. The Morgan fingerprint density at radius 2 is 1.88 bits per heavy atom. The molecule has 0 amide bonds. The standard InChI is InChI=1S/C13H26N2O2/c16-12-13(3-1-2-4-13)11-14-5-6-15-7-9-17-10-8-15/h14,16H,1-12H2. The fourth-order valence-corrected chi connectivity index (χ4v) is 2.93. The lowest BCUT2D eigenvalue weighted by molar-refractivity contribution is 0.0377. The van der Waals surface area contributed by atoms with Crippen LogP contribution in [0.5, 0.6) is 0 Å². The predicted octanol–water partition coefficient (Wildman–Crippen LogP) is 0.461. The van der Waals surface area contributed by atoms with E-state index in [9.17, 15) is 5.11 Å². The van der Waals surface area contributed by atoms with Crippen LogP contribution in [0.15, 0.2) is 0 Å². The van der Waals surface area contributed by atoms with Gasteiger partial charge in [0.2, 0.25) is 0 Å². The van der Waals surface area contributed by atoms with Crippen LogP contribution >= 0.6 is 0 Å². The Morgan fingerprint density at radius 3 is 2.53 bits per heavy atom. The van der Waals surface area contributed by atoms with E-state index in [-0.39, 0.29) is 5.41 Å². The first kappa shape index (κ1) is 13.3. The van der Waals surface area contributed by atoms with Crippen LogP contribution in [0.3, 0.4) is 0 Å². The van der Waals surface area contributed by atoms with E-state index in [0.29, 0.717) is 6.61 Å². The zero-order valence-corrected chi connectivity index (χ0v) is 10.8. The minimum atomic E-state index is 0.186. The van der Waals surface area contributed by atoms with Gasteiger partial charge in [0.1, 0.15) is 0 Å². The van der Waals surface area contributed by atoms with E-state index in [0.717, 1.165) is 45.9 Å². The lowest BCUT2D eigenvalue weighted by Gasteiger charge is -2.29. The summed E-state index contributed by atoms with van der Waals surface area (Å²) in [5.41, 5.74) is 0.186. The summed E-state index contributed by atoms with van der Waals surface area (Å²) < 4.78 is 5.33. The normalized spacial score (nSPS) is 25.2. The molecule has 1 saturated carbocycles. The summed E-state index contributed by atoms with van der Waals surface area (Å²) in [5, 5.41) is 13.0. The molecule has 0 aromatic heterocycles. The average molecular weight is 242 g/mol. The molecule has 0 aromatic carbocycles. The fraction of sp³-hybridized carbons (Fsp3) is 1.00. The Bertz CT molecular complexity index is 211. The molecule has 1 aliphatic heterocycles. The van der Waals surface area contributed by atoms with Gasteiger partial charge in [-0.25, -0.2) is 0 Å². The number of rotatable bonds is 6. The molecule has 0 bridgehead atoms. The predicted molar refractivity (Wildman–Crippen MR) is 68.1 cm³/mol. The minimum absolute atomic E-state index is 0.186. The van der Waals surface area contributed by atoms with Crippen molar-refractivity contribution >= 4 is 0 Å². The van der Waals surface area contributed by atoms with Crippen molar-refractivity contribution in [1.82, 2.24) is 10.2 Å². The summed E-state index contributed by atoms with van der Waals surface area (Å²) in [7, 11) is 0. The third-order valence-electron chi connectivity index (χ3n) is 4.21. The fourth-order valence-electron chi connectivity index (χ4n) is 2.93.